The van der Waals surface area contributed by atoms with Crippen molar-refractivity contribution in [1.82, 2.24) is 10.4 Å². The van der Waals surface area contributed by atoms with Gasteiger partial charge in [0.1, 0.15) is 4.87 Å². The number of allylic oxidation sites excluding steroid dienone is 1. The molecule has 2 heterocycles. The number of halogens is 2. The van der Waals surface area contributed by atoms with E-state index in [2.05, 4.69) is 5.43 Å². The number of thioether (sulfide) groups is 1. The van der Waals surface area contributed by atoms with Crippen LogP contribution in [0.3, 0.4) is 0 Å². The lowest BCUT2D eigenvalue weighted by Gasteiger charge is -2.36. The van der Waals surface area contributed by atoms with E-state index in [0.29, 0.717) is 15.0 Å². The average molecular weight is 619 g/mol. The summed E-state index contributed by atoms with van der Waals surface area (Å²) in [6.07, 6.45) is 0. The van der Waals surface area contributed by atoms with Crippen molar-refractivity contribution in [3.63, 3.8) is 0 Å². The molecule has 2 aliphatic heterocycles. The molecule has 0 saturated carbocycles. The van der Waals surface area contributed by atoms with Crippen LogP contribution in [-0.4, -0.2) is 23.4 Å². The first-order valence-corrected chi connectivity index (χ1v) is 15.3. The summed E-state index contributed by atoms with van der Waals surface area (Å²) in [6.45, 7) is 3.71. The Bertz CT molecular complexity index is 1680. The van der Waals surface area contributed by atoms with E-state index < -0.39 is 4.87 Å². The van der Waals surface area contributed by atoms with Gasteiger partial charge in [-0.1, -0.05) is 107 Å². The van der Waals surface area contributed by atoms with Crippen LogP contribution in [0.15, 0.2) is 112 Å². The third-order valence-corrected chi connectivity index (χ3v) is 10.5. The van der Waals surface area contributed by atoms with Crippen molar-refractivity contribution in [1.29, 1.82) is 0 Å². The molecule has 1 unspecified atom stereocenters. The first-order valence-electron chi connectivity index (χ1n) is 13.0. The number of amides is 2. The van der Waals surface area contributed by atoms with E-state index >= 15 is 0 Å². The highest BCUT2D eigenvalue weighted by Crippen LogP contribution is 2.54. The number of hydrogen-bond acceptors (Lipinski definition) is 5. The van der Waals surface area contributed by atoms with E-state index in [9.17, 15) is 9.59 Å². The first-order chi connectivity index (χ1) is 19.8. The number of rotatable bonds is 5. The number of carbonyl (C=O) groups excluding carboxylic acids is 2. The van der Waals surface area contributed by atoms with Gasteiger partial charge >= 0.3 is 0 Å². The smallest absolute Gasteiger partial charge is 0.276 e. The molecular formula is C32H25Cl2N3O2S2. The summed E-state index contributed by atoms with van der Waals surface area (Å²) in [7, 11) is 0. The highest BCUT2D eigenvalue weighted by atomic mass is 35.5. The second-order valence-corrected chi connectivity index (χ2v) is 13.0. The normalized spacial score (nSPS) is 19.2. The van der Waals surface area contributed by atoms with Gasteiger partial charge in [-0.15, -0.1) is 0 Å². The molecule has 4 aromatic rings. The molecule has 2 amide bonds. The van der Waals surface area contributed by atoms with Crippen LogP contribution in [0.1, 0.15) is 25.0 Å². The van der Waals surface area contributed by atoms with E-state index in [1.165, 1.54) is 16.8 Å². The Kier molecular flexibility index (Phi) is 7.66. The largest absolute Gasteiger partial charge is 0.278 e. The highest BCUT2D eigenvalue weighted by Gasteiger charge is 2.49. The Morgan fingerprint density at radius 1 is 0.829 bits per heavy atom. The van der Waals surface area contributed by atoms with Gasteiger partial charge in [0.15, 0.2) is 0 Å². The van der Waals surface area contributed by atoms with E-state index in [0.717, 1.165) is 37.9 Å². The number of hydrazine groups is 1. The minimum Gasteiger partial charge on any atom is -0.278 e. The molecule has 2 aliphatic rings. The monoisotopic (exact) mass is 617 g/mol. The molecule has 0 radical (unpaired) electrons. The molecule has 41 heavy (non-hydrogen) atoms. The van der Waals surface area contributed by atoms with Crippen molar-refractivity contribution in [2.45, 2.75) is 28.5 Å². The van der Waals surface area contributed by atoms with E-state index in [1.807, 2.05) is 98.8 Å². The molecule has 4 aromatic carbocycles. The summed E-state index contributed by atoms with van der Waals surface area (Å²) in [5.41, 5.74) is 7.12. The zero-order chi connectivity index (χ0) is 28.7. The van der Waals surface area contributed by atoms with Crippen LogP contribution in [0.25, 0.3) is 5.57 Å². The summed E-state index contributed by atoms with van der Waals surface area (Å²) in [5, 5.41) is 2.62. The predicted molar refractivity (Wildman–Crippen MR) is 169 cm³/mol. The Morgan fingerprint density at radius 3 is 2.02 bits per heavy atom. The Hall–Kier alpha value is -3.20. The van der Waals surface area contributed by atoms with Crippen molar-refractivity contribution in [3.05, 3.63) is 123 Å². The van der Waals surface area contributed by atoms with Gasteiger partial charge in [-0.2, -0.15) is 0 Å². The molecule has 0 aromatic heterocycles. The van der Waals surface area contributed by atoms with Crippen molar-refractivity contribution >= 4 is 75.5 Å². The zero-order valence-electron chi connectivity index (χ0n) is 22.2. The summed E-state index contributed by atoms with van der Waals surface area (Å²) in [4.78, 5) is 31.3. The summed E-state index contributed by atoms with van der Waals surface area (Å²) >= 11 is 16.2. The lowest BCUT2D eigenvalue weighted by molar-refractivity contribution is -0.133. The molecule has 0 spiro atoms. The van der Waals surface area contributed by atoms with Crippen molar-refractivity contribution in [2.75, 3.05) is 11.4 Å². The zero-order valence-corrected chi connectivity index (χ0v) is 25.4. The number of hydrogen-bond donors (Lipinski definition) is 1. The van der Waals surface area contributed by atoms with Crippen LogP contribution in [0.4, 0.5) is 11.4 Å². The highest BCUT2D eigenvalue weighted by molar-refractivity contribution is 8.05. The Morgan fingerprint density at radius 2 is 1.39 bits per heavy atom. The molecule has 1 N–H and O–H groups in total. The molecule has 0 bridgehead atoms. The van der Waals surface area contributed by atoms with Gasteiger partial charge in [0.2, 0.25) is 5.91 Å². The van der Waals surface area contributed by atoms with E-state index in [1.54, 1.807) is 28.8 Å². The number of fused-ring (bicyclic) bond motifs is 2. The fourth-order valence-electron chi connectivity index (χ4n) is 5.14. The molecule has 1 saturated heterocycles. The molecule has 206 valence electrons. The van der Waals surface area contributed by atoms with Crippen molar-refractivity contribution in [3.8, 4) is 0 Å². The number of benzene rings is 4. The predicted octanol–water partition coefficient (Wildman–Crippen LogP) is 8.51. The van der Waals surface area contributed by atoms with Gasteiger partial charge < -0.3 is 0 Å². The standard InChI is InChI=1S/C32H25Cl2N3O2S2/c1-20(21-11-3-5-13-23(21)33)30-31(39)37(32(2,41-30)22-12-4-6-14-24(22)34)35-19-29(38)36-25-15-7-9-17-27(25)40-28-18-10-8-16-26(28)36/h3-18,35H,19H2,1-2H3/b30-20-. The van der Waals surface area contributed by atoms with Crippen LogP contribution in [-0.2, 0) is 14.5 Å². The summed E-state index contributed by atoms with van der Waals surface area (Å²) in [6, 6.07) is 30.6. The maximum atomic E-state index is 14.1. The average Bonchev–Trinajstić information content (AvgIpc) is 3.24. The second kappa shape index (κ2) is 11.2. The van der Waals surface area contributed by atoms with Crippen LogP contribution >= 0.6 is 46.7 Å². The van der Waals surface area contributed by atoms with E-state index in [-0.39, 0.29) is 18.4 Å². The van der Waals surface area contributed by atoms with Gasteiger partial charge in [-0.3, -0.25) is 19.5 Å². The molecule has 1 fully saturated rings. The minimum absolute atomic E-state index is 0.113. The molecular weight excluding hydrogens is 593 g/mol. The number of para-hydroxylation sites is 2. The molecule has 1 atom stereocenters. The third-order valence-electron chi connectivity index (χ3n) is 7.19. The maximum absolute atomic E-state index is 14.1. The Balaban J connectivity index is 1.37. The second-order valence-electron chi connectivity index (χ2n) is 9.74. The number of anilines is 2. The number of carbonyl (C=O) groups is 2. The van der Waals surface area contributed by atoms with Gasteiger partial charge in [0, 0.05) is 25.4 Å². The van der Waals surface area contributed by atoms with E-state index in [4.69, 9.17) is 23.2 Å². The van der Waals surface area contributed by atoms with Crippen molar-refractivity contribution in [2.24, 2.45) is 0 Å². The third kappa shape index (κ3) is 4.96. The van der Waals surface area contributed by atoms with Crippen molar-refractivity contribution < 1.29 is 9.59 Å². The first kappa shape index (κ1) is 27.9. The molecule has 9 heteroatoms. The lowest BCUT2D eigenvalue weighted by Crippen LogP contribution is -2.52. The van der Waals surface area contributed by atoms with Gasteiger partial charge in [0.05, 0.1) is 22.8 Å². The maximum Gasteiger partial charge on any atom is 0.276 e. The molecule has 5 nitrogen and oxygen atoms in total. The lowest BCUT2D eigenvalue weighted by atomic mass is 10.1. The van der Waals surface area contributed by atoms with Crippen LogP contribution in [0.5, 0.6) is 0 Å². The molecule has 0 aliphatic carbocycles. The quantitative estimate of drug-likeness (QED) is 0.227. The van der Waals surface area contributed by atoms with Crippen LogP contribution < -0.4 is 10.3 Å². The fourth-order valence-corrected chi connectivity index (χ4v) is 8.22. The van der Waals surface area contributed by atoms with Crippen LogP contribution in [0.2, 0.25) is 10.0 Å². The summed E-state index contributed by atoms with van der Waals surface area (Å²) < 4.78 is 0. The van der Waals surface area contributed by atoms with Crippen LogP contribution in [0, 0.1) is 0 Å². The number of nitrogens with one attached hydrogen (secondary N) is 1. The summed E-state index contributed by atoms with van der Waals surface area (Å²) in [5.74, 6) is -0.442. The minimum atomic E-state index is -0.929. The van der Waals surface area contributed by atoms with Gasteiger partial charge in [0.25, 0.3) is 5.91 Å². The molecule has 6 rings (SSSR count). The fraction of sp³-hybridized carbons (Fsp3) is 0.125. The number of nitrogens with zero attached hydrogens (tertiary/aromatic N) is 2. The SMILES string of the molecule is C/C(=C1/SC(C)(c2ccccc2Cl)N(NCC(=O)N2c3ccccc3Sc3ccccc32)C1=O)c1ccccc1Cl. The van der Waals surface area contributed by atoms with Gasteiger partial charge in [-0.05, 0) is 61.4 Å². The Labute approximate surface area is 257 Å². The van der Waals surface area contributed by atoms with Gasteiger partial charge in [-0.25, -0.2) is 5.43 Å². The topological polar surface area (TPSA) is 52.7 Å².